The number of hydrogen-bond acceptors (Lipinski definition) is 4. The lowest BCUT2D eigenvalue weighted by molar-refractivity contribution is -0.385. The Morgan fingerprint density at radius 3 is 2.90 bits per heavy atom. The van der Waals surface area contributed by atoms with Gasteiger partial charge in [0.2, 0.25) is 0 Å². The molecule has 104 valence electrons. The molecule has 2 unspecified atom stereocenters. The number of rotatable bonds is 3. The lowest BCUT2D eigenvalue weighted by Crippen LogP contribution is -2.37. The second kappa shape index (κ2) is 6.01. The molecule has 1 amide bonds. The van der Waals surface area contributed by atoms with E-state index in [-0.39, 0.29) is 27.7 Å². The molecule has 1 aromatic rings. The Hall–Kier alpha value is -1.94. The molecule has 20 heavy (non-hydrogen) atoms. The molecule has 1 N–H and O–H groups in total. The monoisotopic (exact) mass is 337 g/mol. The maximum Gasteiger partial charge on any atom is 0.284 e. The van der Waals surface area contributed by atoms with Gasteiger partial charge in [-0.15, -0.1) is 0 Å². The Balaban J connectivity index is 2.20. The van der Waals surface area contributed by atoms with Gasteiger partial charge in [-0.05, 0) is 41.3 Å². The number of nitro groups is 1. The summed E-state index contributed by atoms with van der Waals surface area (Å²) in [7, 11) is 0. The molecule has 1 aliphatic carbocycles. The Kier molecular flexibility index (Phi) is 4.35. The van der Waals surface area contributed by atoms with Crippen LogP contribution in [0.1, 0.15) is 29.6 Å². The number of halogens is 1. The fourth-order valence-corrected chi connectivity index (χ4v) is 2.96. The minimum Gasteiger partial charge on any atom is -0.348 e. The van der Waals surface area contributed by atoms with E-state index in [4.69, 9.17) is 5.26 Å². The molecule has 0 radical (unpaired) electrons. The molecule has 0 bridgehead atoms. The standard InChI is InChI=1S/C13H12BrN3O3/c14-12-9(4-2-6-11(12)17(19)20)13(18)16-10-5-1-3-8(10)7-15/h2,4,6,8,10H,1,3,5H2,(H,16,18). The van der Waals surface area contributed by atoms with E-state index in [0.717, 1.165) is 19.3 Å². The molecular formula is C13H12BrN3O3. The number of amides is 1. The number of nitrogens with zero attached hydrogens (tertiary/aromatic N) is 2. The number of benzene rings is 1. The van der Waals surface area contributed by atoms with Crippen LogP contribution in [0.5, 0.6) is 0 Å². The number of nitro benzene ring substituents is 1. The average molecular weight is 338 g/mol. The first-order valence-corrected chi connectivity index (χ1v) is 6.97. The smallest absolute Gasteiger partial charge is 0.284 e. The second-order valence-corrected chi connectivity index (χ2v) is 5.44. The molecule has 1 saturated carbocycles. The van der Waals surface area contributed by atoms with E-state index in [1.165, 1.54) is 18.2 Å². The van der Waals surface area contributed by atoms with Crippen LogP contribution in [0.3, 0.4) is 0 Å². The first kappa shape index (κ1) is 14.5. The van der Waals surface area contributed by atoms with E-state index in [0.29, 0.717) is 0 Å². The van der Waals surface area contributed by atoms with Crippen molar-refractivity contribution in [1.29, 1.82) is 5.26 Å². The van der Waals surface area contributed by atoms with Crippen molar-refractivity contribution >= 4 is 27.5 Å². The van der Waals surface area contributed by atoms with Gasteiger partial charge in [-0.3, -0.25) is 14.9 Å². The van der Waals surface area contributed by atoms with Crippen molar-refractivity contribution < 1.29 is 9.72 Å². The van der Waals surface area contributed by atoms with Crippen LogP contribution in [0.2, 0.25) is 0 Å². The molecule has 7 heteroatoms. The van der Waals surface area contributed by atoms with Gasteiger partial charge in [0, 0.05) is 12.1 Å². The molecule has 2 atom stereocenters. The van der Waals surface area contributed by atoms with E-state index < -0.39 is 10.8 Å². The molecule has 0 aliphatic heterocycles. The lowest BCUT2D eigenvalue weighted by atomic mass is 10.1. The van der Waals surface area contributed by atoms with Crippen LogP contribution >= 0.6 is 15.9 Å². The molecule has 0 aromatic heterocycles. The summed E-state index contributed by atoms with van der Waals surface area (Å²) in [5, 5.41) is 22.6. The number of carbonyl (C=O) groups is 1. The normalized spacial score (nSPS) is 21.2. The number of carbonyl (C=O) groups excluding carboxylic acids is 1. The van der Waals surface area contributed by atoms with E-state index in [1.807, 2.05) is 0 Å². The third-order valence-corrected chi connectivity index (χ3v) is 4.25. The molecular weight excluding hydrogens is 326 g/mol. The zero-order valence-corrected chi connectivity index (χ0v) is 12.1. The summed E-state index contributed by atoms with van der Waals surface area (Å²) in [5.74, 6) is -0.579. The van der Waals surface area contributed by atoms with Gasteiger partial charge in [-0.1, -0.05) is 6.07 Å². The van der Waals surface area contributed by atoms with Crippen LogP contribution in [0, 0.1) is 27.4 Å². The zero-order chi connectivity index (χ0) is 14.7. The first-order valence-electron chi connectivity index (χ1n) is 6.18. The summed E-state index contributed by atoms with van der Waals surface area (Å²) in [6.45, 7) is 0. The first-order chi connectivity index (χ1) is 9.54. The van der Waals surface area contributed by atoms with Crippen molar-refractivity contribution in [2.24, 2.45) is 5.92 Å². The maximum atomic E-state index is 12.2. The fourth-order valence-electron chi connectivity index (χ4n) is 2.37. The minimum absolute atomic E-state index is 0.152. The van der Waals surface area contributed by atoms with Gasteiger partial charge in [0.25, 0.3) is 11.6 Å². The molecule has 1 aromatic carbocycles. The van der Waals surface area contributed by atoms with E-state index in [2.05, 4.69) is 27.3 Å². The van der Waals surface area contributed by atoms with Crippen LogP contribution < -0.4 is 5.32 Å². The second-order valence-electron chi connectivity index (χ2n) is 4.64. The molecule has 2 rings (SSSR count). The van der Waals surface area contributed by atoms with Crippen molar-refractivity contribution in [2.75, 3.05) is 0 Å². The van der Waals surface area contributed by atoms with Gasteiger partial charge in [-0.2, -0.15) is 5.26 Å². The third-order valence-electron chi connectivity index (χ3n) is 3.42. The summed E-state index contributed by atoms with van der Waals surface area (Å²) >= 11 is 3.10. The summed E-state index contributed by atoms with van der Waals surface area (Å²) in [5.41, 5.74) is 0.0590. The van der Waals surface area contributed by atoms with Crippen molar-refractivity contribution in [3.63, 3.8) is 0 Å². The highest BCUT2D eigenvalue weighted by Crippen LogP contribution is 2.29. The van der Waals surface area contributed by atoms with Crippen LogP contribution in [0.4, 0.5) is 5.69 Å². The van der Waals surface area contributed by atoms with Crippen LogP contribution in [-0.2, 0) is 0 Å². The van der Waals surface area contributed by atoms with Gasteiger partial charge in [0.15, 0.2) is 0 Å². The largest absolute Gasteiger partial charge is 0.348 e. The van der Waals surface area contributed by atoms with Crippen molar-refractivity contribution in [3.8, 4) is 6.07 Å². The molecule has 1 fully saturated rings. The summed E-state index contributed by atoms with van der Waals surface area (Å²) in [4.78, 5) is 22.5. The van der Waals surface area contributed by atoms with Crippen LogP contribution in [0.25, 0.3) is 0 Å². The van der Waals surface area contributed by atoms with Gasteiger partial charge < -0.3 is 5.32 Å². The summed E-state index contributed by atoms with van der Waals surface area (Å²) in [6, 6.07) is 6.31. The van der Waals surface area contributed by atoms with E-state index in [1.54, 1.807) is 0 Å². The van der Waals surface area contributed by atoms with Crippen LogP contribution in [0.15, 0.2) is 22.7 Å². The van der Waals surface area contributed by atoms with Crippen LogP contribution in [-0.4, -0.2) is 16.9 Å². The van der Waals surface area contributed by atoms with E-state index >= 15 is 0 Å². The molecule has 0 heterocycles. The van der Waals surface area contributed by atoms with Gasteiger partial charge in [-0.25, -0.2) is 0 Å². The molecule has 0 spiro atoms. The highest BCUT2D eigenvalue weighted by Gasteiger charge is 2.29. The topological polar surface area (TPSA) is 96.0 Å². The highest BCUT2D eigenvalue weighted by atomic mass is 79.9. The average Bonchev–Trinajstić information content (AvgIpc) is 2.85. The Morgan fingerprint density at radius 1 is 1.50 bits per heavy atom. The summed E-state index contributed by atoms with van der Waals surface area (Å²) < 4.78 is 0.161. The number of nitriles is 1. The minimum atomic E-state index is -0.547. The Labute approximate surface area is 124 Å². The van der Waals surface area contributed by atoms with Gasteiger partial charge >= 0.3 is 0 Å². The molecule has 6 nitrogen and oxygen atoms in total. The van der Waals surface area contributed by atoms with Gasteiger partial charge in [0.1, 0.15) is 4.47 Å². The molecule has 1 aliphatic rings. The van der Waals surface area contributed by atoms with Crippen molar-refractivity contribution in [2.45, 2.75) is 25.3 Å². The summed E-state index contributed by atoms with van der Waals surface area (Å²) in [6.07, 6.45) is 2.44. The SMILES string of the molecule is N#CC1CCCC1NC(=O)c1cccc([N+](=O)[O-])c1Br. The van der Waals surface area contributed by atoms with Crippen molar-refractivity contribution in [3.05, 3.63) is 38.3 Å². The van der Waals surface area contributed by atoms with E-state index in [9.17, 15) is 14.9 Å². The van der Waals surface area contributed by atoms with Crippen molar-refractivity contribution in [1.82, 2.24) is 5.32 Å². The number of nitrogens with one attached hydrogen (secondary N) is 1. The highest BCUT2D eigenvalue weighted by molar-refractivity contribution is 9.10. The predicted octanol–water partition coefficient (Wildman–Crippen LogP) is 2.78. The Bertz CT molecular complexity index is 597. The lowest BCUT2D eigenvalue weighted by Gasteiger charge is -2.16. The molecule has 0 saturated heterocycles. The quantitative estimate of drug-likeness (QED) is 0.677. The fraction of sp³-hybridized carbons (Fsp3) is 0.385. The zero-order valence-electron chi connectivity index (χ0n) is 10.5. The third kappa shape index (κ3) is 2.80. The number of hydrogen-bond donors (Lipinski definition) is 1. The van der Waals surface area contributed by atoms with Gasteiger partial charge in [0.05, 0.1) is 22.5 Å². The Morgan fingerprint density at radius 2 is 2.25 bits per heavy atom. The predicted molar refractivity (Wildman–Crippen MR) is 75.0 cm³/mol. The maximum absolute atomic E-state index is 12.2.